The molecular formula is C16H20N3O2S-. The fraction of sp³-hybridized carbons (Fsp3) is 0.312. The first-order valence-corrected chi connectivity index (χ1v) is 8.07. The Hall–Kier alpha value is -1.92. The van der Waals surface area contributed by atoms with Gasteiger partial charge in [-0.25, -0.2) is 4.98 Å². The number of hydrogen-bond donors (Lipinski definition) is 0. The van der Waals surface area contributed by atoms with Crippen LogP contribution in [0.1, 0.15) is 12.2 Å². The van der Waals surface area contributed by atoms with Gasteiger partial charge < -0.3 is 13.4 Å². The van der Waals surface area contributed by atoms with Crippen LogP contribution >= 0.6 is 0 Å². The van der Waals surface area contributed by atoms with E-state index in [1.807, 2.05) is 23.9 Å². The van der Waals surface area contributed by atoms with Crippen molar-refractivity contribution >= 4 is 11.3 Å². The first-order chi connectivity index (χ1) is 10.6. The topological polar surface area (TPSA) is 61.2 Å². The Morgan fingerprint density at radius 3 is 2.73 bits per heavy atom. The lowest BCUT2D eigenvalue weighted by atomic mass is 9.89. The number of imidazole rings is 1. The van der Waals surface area contributed by atoms with Gasteiger partial charge in [-0.15, -0.1) is 0 Å². The van der Waals surface area contributed by atoms with Gasteiger partial charge in [-0.05, 0) is 24.0 Å². The van der Waals surface area contributed by atoms with Crippen molar-refractivity contribution in [2.24, 2.45) is 13.0 Å². The Morgan fingerprint density at radius 2 is 2.18 bits per heavy atom. The van der Waals surface area contributed by atoms with Crippen molar-refractivity contribution < 1.29 is 8.76 Å². The molecule has 118 valence electrons. The number of allylic oxidation sites excluding steroid dienone is 5. The SMILES string of the molecule is C=C/C=C1/C[C@@H](Cc2nccn2C)CN(S(=O)[O-])/C1=C/C=C. The normalized spacial score (nSPS) is 23.7. The summed E-state index contributed by atoms with van der Waals surface area (Å²) in [5, 5.41) is 0. The summed E-state index contributed by atoms with van der Waals surface area (Å²) in [5.74, 6) is 1.13. The van der Waals surface area contributed by atoms with Crippen molar-refractivity contribution in [3.63, 3.8) is 0 Å². The van der Waals surface area contributed by atoms with Gasteiger partial charge >= 0.3 is 0 Å². The molecule has 0 N–H and O–H groups in total. The van der Waals surface area contributed by atoms with Gasteiger partial charge in [0.2, 0.25) is 0 Å². The van der Waals surface area contributed by atoms with E-state index in [1.165, 1.54) is 4.31 Å². The van der Waals surface area contributed by atoms with Crippen molar-refractivity contribution in [3.8, 4) is 0 Å². The van der Waals surface area contributed by atoms with Gasteiger partial charge in [-0.1, -0.05) is 31.4 Å². The summed E-state index contributed by atoms with van der Waals surface area (Å²) in [4.78, 5) is 4.33. The van der Waals surface area contributed by atoms with Crippen molar-refractivity contribution in [2.75, 3.05) is 6.54 Å². The predicted molar refractivity (Wildman–Crippen MR) is 87.2 cm³/mol. The van der Waals surface area contributed by atoms with Crippen molar-refractivity contribution in [3.05, 3.63) is 67.0 Å². The molecule has 2 heterocycles. The molecule has 22 heavy (non-hydrogen) atoms. The zero-order chi connectivity index (χ0) is 16.1. The standard InChI is InChI=1S/C16H21N3O2S/c1-4-6-14-10-13(11-16-17-8-9-18(16)3)12-19(22(20)21)15(14)7-5-2/h4-9,13H,1-2,10-12H2,3H3,(H,20,21)/p-1/b14-6-,15-7+/t13-/m0/s1. The molecular weight excluding hydrogens is 298 g/mol. The summed E-state index contributed by atoms with van der Waals surface area (Å²) in [7, 11) is 1.94. The predicted octanol–water partition coefficient (Wildman–Crippen LogP) is 2.26. The van der Waals surface area contributed by atoms with Crippen LogP contribution in [0.5, 0.6) is 0 Å². The van der Waals surface area contributed by atoms with E-state index in [1.54, 1.807) is 24.4 Å². The van der Waals surface area contributed by atoms with Gasteiger partial charge in [0, 0.05) is 43.7 Å². The second kappa shape index (κ2) is 7.38. The zero-order valence-corrected chi connectivity index (χ0v) is 13.5. The lowest BCUT2D eigenvalue weighted by Crippen LogP contribution is -2.37. The van der Waals surface area contributed by atoms with Gasteiger partial charge in [-0.3, -0.25) is 4.21 Å². The first-order valence-electron chi connectivity index (χ1n) is 7.04. The molecule has 1 aromatic rings. The highest BCUT2D eigenvalue weighted by molar-refractivity contribution is 7.76. The molecule has 1 unspecified atom stereocenters. The summed E-state index contributed by atoms with van der Waals surface area (Å²) in [5.41, 5.74) is 1.61. The van der Waals surface area contributed by atoms with Gasteiger partial charge in [0.15, 0.2) is 0 Å². The molecule has 2 atom stereocenters. The molecule has 0 aromatic carbocycles. The van der Waals surface area contributed by atoms with Crippen LogP contribution in [0, 0.1) is 5.92 Å². The van der Waals surface area contributed by atoms with Crippen molar-refractivity contribution in [2.45, 2.75) is 12.8 Å². The highest BCUT2D eigenvalue weighted by Crippen LogP contribution is 2.32. The van der Waals surface area contributed by atoms with Crippen LogP contribution < -0.4 is 0 Å². The van der Waals surface area contributed by atoms with E-state index >= 15 is 0 Å². The molecule has 1 aromatic heterocycles. The van der Waals surface area contributed by atoms with Gasteiger partial charge in [0.05, 0.1) is 5.70 Å². The van der Waals surface area contributed by atoms with Crippen LogP contribution in [0.25, 0.3) is 0 Å². The fourth-order valence-electron chi connectivity index (χ4n) is 2.70. The van der Waals surface area contributed by atoms with Crippen LogP contribution in [0.4, 0.5) is 0 Å². The fourth-order valence-corrected chi connectivity index (χ4v) is 3.37. The number of hydrogen-bond acceptors (Lipinski definition) is 3. The van der Waals surface area contributed by atoms with E-state index in [-0.39, 0.29) is 5.92 Å². The summed E-state index contributed by atoms with van der Waals surface area (Å²) in [6.07, 6.45) is 12.0. The van der Waals surface area contributed by atoms with Gasteiger partial charge in [0.1, 0.15) is 5.82 Å². The molecule has 1 aliphatic rings. The minimum atomic E-state index is -2.32. The second-order valence-electron chi connectivity index (χ2n) is 5.22. The van der Waals surface area contributed by atoms with Crippen molar-refractivity contribution in [1.82, 2.24) is 13.9 Å². The lowest BCUT2D eigenvalue weighted by Gasteiger charge is -2.38. The number of piperidine rings is 1. The van der Waals surface area contributed by atoms with Gasteiger partial charge in [-0.2, -0.15) is 0 Å². The first kappa shape index (κ1) is 16.5. The second-order valence-corrected chi connectivity index (χ2v) is 6.10. The monoisotopic (exact) mass is 318 g/mol. The number of rotatable bonds is 5. The largest absolute Gasteiger partial charge is 0.755 e. The Bertz CT molecular complexity index is 646. The van der Waals surface area contributed by atoms with E-state index in [2.05, 4.69) is 18.1 Å². The summed E-state index contributed by atoms with van der Waals surface area (Å²) >= 11 is -2.32. The maximum Gasteiger partial charge on any atom is 0.108 e. The average Bonchev–Trinajstić information content (AvgIpc) is 2.87. The average molecular weight is 318 g/mol. The summed E-state index contributed by atoms with van der Waals surface area (Å²) in [6.45, 7) is 7.82. The van der Waals surface area contributed by atoms with Crippen LogP contribution in [0.15, 0.2) is 61.1 Å². The van der Waals surface area contributed by atoms with Crippen LogP contribution in [-0.4, -0.2) is 29.2 Å². The van der Waals surface area contributed by atoms with E-state index in [4.69, 9.17) is 0 Å². The third kappa shape index (κ3) is 3.64. The van der Waals surface area contributed by atoms with Crippen LogP contribution in [0.3, 0.4) is 0 Å². The molecule has 5 nitrogen and oxygen atoms in total. The molecule has 0 amide bonds. The van der Waals surface area contributed by atoms with Gasteiger partial charge in [0.25, 0.3) is 0 Å². The van der Waals surface area contributed by atoms with Crippen LogP contribution in [-0.2, 0) is 24.7 Å². The van der Waals surface area contributed by atoms with E-state index in [9.17, 15) is 8.76 Å². The molecule has 1 aliphatic heterocycles. The summed E-state index contributed by atoms with van der Waals surface area (Å²) < 4.78 is 26.5. The molecule has 6 heteroatoms. The number of aryl methyl sites for hydroxylation is 1. The third-order valence-corrected chi connectivity index (χ3v) is 4.40. The molecule has 0 bridgehead atoms. The Morgan fingerprint density at radius 1 is 1.45 bits per heavy atom. The zero-order valence-electron chi connectivity index (χ0n) is 12.6. The highest BCUT2D eigenvalue weighted by atomic mass is 32.2. The molecule has 0 spiro atoms. The molecule has 0 saturated carbocycles. The summed E-state index contributed by atoms with van der Waals surface area (Å²) in [6, 6.07) is 0. The van der Waals surface area contributed by atoms with Crippen molar-refractivity contribution in [1.29, 1.82) is 0 Å². The number of nitrogens with zero attached hydrogens (tertiary/aromatic N) is 3. The Kier molecular flexibility index (Phi) is 5.51. The lowest BCUT2D eigenvalue weighted by molar-refractivity contribution is 0.336. The van der Waals surface area contributed by atoms with E-state index in [0.717, 1.165) is 24.2 Å². The van der Waals surface area contributed by atoms with Crippen LogP contribution in [0.2, 0.25) is 0 Å². The molecule has 0 aliphatic carbocycles. The van der Waals surface area contributed by atoms with E-state index < -0.39 is 11.3 Å². The molecule has 1 fully saturated rings. The molecule has 2 rings (SSSR count). The third-order valence-electron chi connectivity index (χ3n) is 3.70. The minimum Gasteiger partial charge on any atom is -0.755 e. The minimum absolute atomic E-state index is 0.173. The molecule has 1 saturated heterocycles. The maximum atomic E-state index is 11.6. The highest BCUT2D eigenvalue weighted by Gasteiger charge is 2.28. The quantitative estimate of drug-likeness (QED) is 0.782. The maximum absolute atomic E-state index is 11.6. The Labute approximate surface area is 133 Å². The number of aromatic nitrogens is 2. The smallest absolute Gasteiger partial charge is 0.108 e. The molecule has 0 radical (unpaired) electrons. The Balaban J connectivity index is 2.29. The van der Waals surface area contributed by atoms with E-state index in [0.29, 0.717) is 12.2 Å².